The Morgan fingerprint density at radius 1 is 0.941 bits per heavy atom. The predicted octanol–water partition coefficient (Wildman–Crippen LogP) is 4.37. The molecule has 2 aliphatic rings. The van der Waals surface area contributed by atoms with E-state index in [1.165, 1.54) is 16.9 Å². The van der Waals surface area contributed by atoms with Gasteiger partial charge in [-0.05, 0) is 42.0 Å². The van der Waals surface area contributed by atoms with Crippen LogP contribution in [0, 0.1) is 0 Å². The molecule has 3 heterocycles. The van der Waals surface area contributed by atoms with Crippen molar-refractivity contribution in [2.75, 3.05) is 39.3 Å². The van der Waals surface area contributed by atoms with E-state index in [9.17, 15) is 9.59 Å². The van der Waals surface area contributed by atoms with Crippen LogP contribution in [0.3, 0.4) is 0 Å². The van der Waals surface area contributed by atoms with E-state index in [0.717, 1.165) is 47.4 Å². The molecule has 0 spiro atoms. The molecule has 2 aliphatic heterocycles. The Hall–Kier alpha value is -2.39. The van der Waals surface area contributed by atoms with Crippen molar-refractivity contribution in [3.8, 4) is 0 Å². The molecule has 5 rings (SSSR count). The topological polar surface area (TPSA) is 56.8 Å². The number of thioether (sulfide) groups is 1. The molecule has 34 heavy (non-hydrogen) atoms. The zero-order valence-electron chi connectivity index (χ0n) is 18.6. The van der Waals surface area contributed by atoms with Gasteiger partial charge in [0.2, 0.25) is 0 Å². The number of halogens is 1. The van der Waals surface area contributed by atoms with Crippen LogP contribution >= 0.6 is 34.7 Å². The number of rotatable bonds is 6. The first-order chi connectivity index (χ1) is 16.6. The predicted molar refractivity (Wildman–Crippen MR) is 137 cm³/mol. The SMILES string of the molecule is O=C(c1ccc(SCc2ccc(Cl)cc2)cc1)N1CC(N2CCN(C(=O)c3nccs3)CC2)C1. The van der Waals surface area contributed by atoms with Gasteiger partial charge in [0.25, 0.3) is 11.8 Å². The summed E-state index contributed by atoms with van der Waals surface area (Å²) in [4.78, 5) is 36.8. The molecular weight excluding hydrogens is 488 g/mol. The van der Waals surface area contributed by atoms with Crippen LogP contribution in [0.15, 0.2) is 65.0 Å². The van der Waals surface area contributed by atoms with Gasteiger partial charge in [0, 0.05) is 78.1 Å². The summed E-state index contributed by atoms with van der Waals surface area (Å²) >= 11 is 9.07. The molecule has 0 unspecified atom stereocenters. The summed E-state index contributed by atoms with van der Waals surface area (Å²) in [5.74, 6) is 0.971. The zero-order valence-corrected chi connectivity index (χ0v) is 21.0. The van der Waals surface area contributed by atoms with Gasteiger partial charge >= 0.3 is 0 Å². The molecule has 2 saturated heterocycles. The van der Waals surface area contributed by atoms with Crippen LogP contribution in [0.2, 0.25) is 5.02 Å². The Morgan fingerprint density at radius 3 is 2.29 bits per heavy atom. The summed E-state index contributed by atoms with van der Waals surface area (Å²) in [7, 11) is 0. The monoisotopic (exact) mass is 512 g/mol. The second kappa shape index (κ2) is 10.5. The molecule has 9 heteroatoms. The number of likely N-dealkylation sites (tertiary alicyclic amines) is 1. The van der Waals surface area contributed by atoms with Crippen LogP contribution in [0.5, 0.6) is 0 Å². The summed E-state index contributed by atoms with van der Waals surface area (Å²) in [6.45, 7) is 4.57. The Bertz CT molecular complexity index is 1120. The molecule has 6 nitrogen and oxygen atoms in total. The molecule has 176 valence electrons. The molecule has 3 aromatic rings. The van der Waals surface area contributed by atoms with Gasteiger partial charge in [0.05, 0.1) is 0 Å². The quantitative estimate of drug-likeness (QED) is 0.459. The maximum atomic E-state index is 12.9. The first kappa shape index (κ1) is 23.4. The summed E-state index contributed by atoms with van der Waals surface area (Å²) in [5.41, 5.74) is 1.95. The molecule has 2 fully saturated rings. The van der Waals surface area contributed by atoms with Crippen molar-refractivity contribution in [2.24, 2.45) is 0 Å². The smallest absolute Gasteiger partial charge is 0.282 e. The average molecular weight is 513 g/mol. The number of benzene rings is 2. The van der Waals surface area contributed by atoms with Crippen LogP contribution in [-0.4, -0.2) is 76.8 Å². The van der Waals surface area contributed by atoms with Crippen LogP contribution in [-0.2, 0) is 5.75 Å². The van der Waals surface area contributed by atoms with E-state index in [0.29, 0.717) is 24.1 Å². The molecule has 2 amide bonds. The molecular formula is C25H25ClN4O2S2. The number of amides is 2. The number of hydrogen-bond donors (Lipinski definition) is 0. The molecule has 0 aliphatic carbocycles. The van der Waals surface area contributed by atoms with Crippen molar-refractivity contribution >= 4 is 46.5 Å². The van der Waals surface area contributed by atoms with Crippen molar-refractivity contribution in [3.05, 3.63) is 81.3 Å². The van der Waals surface area contributed by atoms with Crippen LogP contribution in [0.1, 0.15) is 25.7 Å². The Labute approximate surface area is 212 Å². The van der Waals surface area contributed by atoms with Crippen LogP contribution < -0.4 is 0 Å². The minimum atomic E-state index is 0.0230. The van der Waals surface area contributed by atoms with Gasteiger partial charge in [-0.25, -0.2) is 4.98 Å². The van der Waals surface area contributed by atoms with E-state index in [1.54, 1.807) is 18.0 Å². The zero-order chi connectivity index (χ0) is 23.5. The molecule has 2 aromatic carbocycles. The van der Waals surface area contributed by atoms with Crippen LogP contribution in [0.25, 0.3) is 0 Å². The largest absolute Gasteiger partial charge is 0.335 e. The van der Waals surface area contributed by atoms with Gasteiger partial charge < -0.3 is 9.80 Å². The molecule has 1 aromatic heterocycles. The van der Waals surface area contributed by atoms with E-state index in [4.69, 9.17) is 11.6 Å². The average Bonchev–Trinajstić information content (AvgIpc) is 3.38. The van der Waals surface area contributed by atoms with E-state index < -0.39 is 0 Å². The lowest BCUT2D eigenvalue weighted by atomic mass is 10.0. The van der Waals surface area contributed by atoms with Gasteiger partial charge in [-0.3, -0.25) is 14.5 Å². The fourth-order valence-electron chi connectivity index (χ4n) is 4.23. The standard InChI is InChI=1S/C25H25ClN4O2S2/c26-20-5-1-18(2-6-20)17-34-22-7-3-19(4-8-22)24(31)30-15-21(16-30)28-10-12-29(13-11-28)25(32)23-27-9-14-33-23/h1-9,14,21H,10-13,15-17H2. The summed E-state index contributed by atoms with van der Waals surface area (Å²) < 4.78 is 0. The highest BCUT2D eigenvalue weighted by Crippen LogP contribution is 2.25. The van der Waals surface area contributed by atoms with Crippen molar-refractivity contribution < 1.29 is 9.59 Å². The number of carbonyl (C=O) groups is 2. The van der Waals surface area contributed by atoms with Crippen molar-refractivity contribution in [2.45, 2.75) is 16.7 Å². The molecule has 0 atom stereocenters. The Morgan fingerprint density at radius 2 is 1.65 bits per heavy atom. The highest BCUT2D eigenvalue weighted by Gasteiger charge is 2.37. The van der Waals surface area contributed by atoms with E-state index in [-0.39, 0.29) is 11.8 Å². The molecule has 0 saturated carbocycles. The third-order valence-corrected chi connectivity index (χ3v) is 8.40. The van der Waals surface area contributed by atoms with Crippen molar-refractivity contribution in [3.63, 3.8) is 0 Å². The number of aromatic nitrogens is 1. The van der Waals surface area contributed by atoms with Crippen molar-refractivity contribution in [1.82, 2.24) is 19.7 Å². The lowest BCUT2D eigenvalue weighted by Crippen LogP contribution is -2.64. The van der Waals surface area contributed by atoms with Gasteiger partial charge in [0.1, 0.15) is 0 Å². The van der Waals surface area contributed by atoms with Gasteiger partial charge in [-0.15, -0.1) is 23.1 Å². The molecule has 0 radical (unpaired) electrons. The summed E-state index contributed by atoms with van der Waals surface area (Å²) in [5, 5.41) is 3.13. The molecule has 0 bridgehead atoms. The third kappa shape index (κ3) is 5.30. The second-order valence-corrected chi connectivity index (χ2v) is 10.8. The maximum Gasteiger partial charge on any atom is 0.282 e. The number of nitrogens with zero attached hydrogens (tertiary/aromatic N) is 4. The first-order valence-electron chi connectivity index (χ1n) is 11.3. The number of thiazole rings is 1. The Balaban J connectivity index is 1.06. The van der Waals surface area contributed by atoms with E-state index in [1.807, 2.05) is 63.7 Å². The lowest BCUT2D eigenvalue weighted by molar-refractivity contribution is 0.00853. The van der Waals surface area contributed by atoms with Gasteiger partial charge in [0.15, 0.2) is 5.01 Å². The number of hydrogen-bond acceptors (Lipinski definition) is 6. The Kier molecular flexibility index (Phi) is 7.20. The first-order valence-corrected chi connectivity index (χ1v) is 13.5. The summed E-state index contributed by atoms with van der Waals surface area (Å²) in [6, 6.07) is 16.1. The normalized spacial score (nSPS) is 17.0. The van der Waals surface area contributed by atoms with Gasteiger partial charge in [-0.2, -0.15) is 0 Å². The third-order valence-electron chi connectivity index (χ3n) is 6.30. The lowest BCUT2D eigenvalue weighted by Gasteiger charge is -2.48. The highest BCUT2D eigenvalue weighted by atomic mass is 35.5. The number of carbonyl (C=O) groups excluding carboxylic acids is 2. The van der Waals surface area contributed by atoms with Gasteiger partial charge in [-0.1, -0.05) is 23.7 Å². The fourth-order valence-corrected chi connectivity index (χ4v) is 5.81. The summed E-state index contributed by atoms with van der Waals surface area (Å²) in [6.07, 6.45) is 1.67. The minimum Gasteiger partial charge on any atom is -0.335 e. The maximum absolute atomic E-state index is 12.9. The fraction of sp³-hybridized carbons (Fsp3) is 0.320. The molecule has 0 N–H and O–H groups in total. The second-order valence-electron chi connectivity index (χ2n) is 8.47. The van der Waals surface area contributed by atoms with Crippen molar-refractivity contribution in [1.29, 1.82) is 0 Å². The minimum absolute atomic E-state index is 0.0230. The van der Waals surface area contributed by atoms with Crippen LogP contribution in [0.4, 0.5) is 0 Å². The van der Waals surface area contributed by atoms with E-state index in [2.05, 4.69) is 9.88 Å². The number of piperazine rings is 1. The highest BCUT2D eigenvalue weighted by molar-refractivity contribution is 7.98. The van der Waals surface area contributed by atoms with E-state index >= 15 is 0 Å².